The van der Waals surface area contributed by atoms with Crippen molar-refractivity contribution in [3.8, 4) is 55.6 Å². The van der Waals surface area contributed by atoms with Crippen molar-refractivity contribution in [3.63, 3.8) is 0 Å². The highest BCUT2D eigenvalue weighted by Crippen LogP contribution is 2.52. The molecule has 0 spiro atoms. The molecule has 0 fully saturated rings. The molecule has 0 amide bonds. The summed E-state index contributed by atoms with van der Waals surface area (Å²) < 4.78 is 0. The number of rotatable bonds is 7. The van der Waals surface area contributed by atoms with Crippen LogP contribution in [-0.2, 0) is 5.41 Å². The van der Waals surface area contributed by atoms with Crippen molar-refractivity contribution in [2.75, 3.05) is 4.90 Å². The number of benzene rings is 9. The third-order valence-electron chi connectivity index (χ3n) is 11.7. The number of hydrogen-bond acceptors (Lipinski definition) is 1. The van der Waals surface area contributed by atoms with Crippen molar-refractivity contribution in [3.05, 3.63) is 223 Å². The fourth-order valence-corrected chi connectivity index (χ4v) is 8.66. The summed E-state index contributed by atoms with van der Waals surface area (Å²) in [7, 11) is 0. The number of nitrogens with zero attached hydrogens (tertiary/aromatic N) is 1. The third-order valence-corrected chi connectivity index (χ3v) is 11.7. The quantitative estimate of drug-likeness (QED) is 0.159. The van der Waals surface area contributed by atoms with Gasteiger partial charge in [-0.1, -0.05) is 190 Å². The second-order valence-corrected chi connectivity index (χ2v) is 15.4. The minimum Gasteiger partial charge on any atom is -0.310 e. The zero-order valence-corrected chi connectivity index (χ0v) is 31.7. The molecule has 0 bridgehead atoms. The van der Waals surface area contributed by atoms with E-state index in [0.29, 0.717) is 0 Å². The molecule has 56 heavy (non-hydrogen) atoms. The van der Waals surface area contributed by atoms with Gasteiger partial charge in [-0.05, 0) is 108 Å². The van der Waals surface area contributed by atoms with E-state index in [2.05, 4.69) is 231 Å². The molecule has 9 aromatic rings. The Hall–Kier alpha value is -6.96. The Labute approximate surface area is 329 Å². The van der Waals surface area contributed by atoms with Crippen LogP contribution in [0.25, 0.3) is 66.4 Å². The molecule has 266 valence electrons. The minimum absolute atomic E-state index is 0.192. The Morgan fingerprint density at radius 1 is 0.304 bits per heavy atom. The summed E-state index contributed by atoms with van der Waals surface area (Å²) in [6.45, 7) is 4.76. The molecule has 1 aliphatic carbocycles. The van der Waals surface area contributed by atoms with Gasteiger partial charge in [0, 0.05) is 22.4 Å². The number of anilines is 3. The van der Waals surface area contributed by atoms with E-state index >= 15 is 0 Å². The van der Waals surface area contributed by atoms with Crippen molar-refractivity contribution in [1.29, 1.82) is 0 Å². The maximum absolute atomic E-state index is 2.45. The van der Waals surface area contributed by atoms with Crippen LogP contribution in [0.15, 0.2) is 212 Å². The van der Waals surface area contributed by atoms with Crippen LogP contribution in [0.1, 0.15) is 25.0 Å². The summed E-state index contributed by atoms with van der Waals surface area (Å²) in [4.78, 5) is 2.45. The van der Waals surface area contributed by atoms with E-state index < -0.39 is 0 Å². The van der Waals surface area contributed by atoms with Gasteiger partial charge in [-0.25, -0.2) is 0 Å². The average molecular weight is 716 g/mol. The van der Waals surface area contributed by atoms with E-state index in [1.165, 1.54) is 77.5 Å². The molecular weight excluding hydrogens is 675 g/mol. The first-order valence-corrected chi connectivity index (χ1v) is 19.5. The smallest absolute Gasteiger partial charge is 0.0540 e. The molecule has 0 radical (unpaired) electrons. The Morgan fingerprint density at radius 3 is 1.41 bits per heavy atom. The minimum atomic E-state index is -0.192. The van der Waals surface area contributed by atoms with Crippen molar-refractivity contribution in [2.24, 2.45) is 0 Å². The maximum Gasteiger partial charge on any atom is 0.0540 e. The lowest BCUT2D eigenvalue weighted by atomic mass is 9.81. The van der Waals surface area contributed by atoms with Crippen molar-refractivity contribution < 1.29 is 0 Å². The van der Waals surface area contributed by atoms with Crippen LogP contribution in [-0.4, -0.2) is 0 Å². The zero-order valence-electron chi connectivity index (χ0n) is 31.7. The van der Waals surface area contributed by atoms with Crippen molar-refractivity contribution in [2.45, 2.75) is 19.3 Å². The van der Waals surface area contributed by atoms with Gasteiger partial charge in [0.05, 0.1) is 5.69 Å². The first kappa shape index (κ1) is 33.6. The molecule has 1 heteroatoms. The van der Waals surface area contributed by atoms with Gasteiger partial charge >= 0.3 is 0 Å². The Bertz CT molecular complexity index is 2850. The zero-order chi connectivity index (χ0) is 37.6. The highest BCUT2D eigenvalue weighted by Gasteiger charge is 2.36. The highest BCUT2D eigenvalue weighted by molar-refractivity contribution is 5.94. The van der Waals surface area contributed by atoms with E-state index in [1.54, 1.807) is 0 Å². The van der Waals surface area contributed by atoms with Crippen LogP contribution in [0, 0.1) is 0 Å². The summed E-state index contributed by atoms with van der Waals surface area (Å²) in [6, 6.07) is 77.6. The molecule has 1 aliphatic rings. The molecule has 0 unspecified atom stereocenters. The van der Waals surface area contributed by atoms with Gasteiger partial charge < -0.3 is 4.90 Å². The lowest BCUT2D eigenvalue weighted by Crippen LogP contribution is -2.17. The molecule has 0 N–H and O–H groups in total. The summed E-state index contributed by atoms with van der Waals surface area (Å²) in [6.07, 6.45) is 0. The van der Waals surface area contributed by atoms with Crippen LogP contribution in [0.5, 0.6) is 0 Å². The fraction of sp³-hybridized carbons (Fsp3) is 0.0545. The van der Waals surface area contributed by atoms with Crippen LogP contribution in [0.3, 0.4) is 0 Å². The average Bonchev–Trinajstić information content (AvgIpc) is 3.49. The topological polar surface area (TPSA) is 3.24 Å². The van der Waals surface area contributed by atoms with Gasteiger partial charge in [0.15, 0.2) is 0 Å². The predicted octanol–water partition coefficient (Wildman–Crippen LogP) is 15.3. The summed E-state index contributed by atoms with van der Waals surface area (Å²) >= 11 is 0. The summed E-state index contributed by atoms with van der Waals surface area (Å²) in [5.41, 5.74) is 18.3. The third kappa shape index (κ3) is 5.90. The Balaban J connectivity index is 1.06. The SMILES string of the molecule is CC1(C)c2cc(-c3ccc(-c4ccccc4)cc3)ccc2-c2ccc(N(c3ccc4ccccc4c3)c3ccccc3-c3ccc(-c4ccccc4)cc3)cc21. The maximum atomic E-state index is 2.45. The molecule has 9 aromatic carbocycles. The molecule has 0 atom stereocenters. The molecule has 1 nitrogen and oxygen atoms in total. The fourth-order valence-electron chi connectivity index (χ4n) is 8.66. The van der Waals surface area contributed by atoms with E-state index in [0.717, 1.165) is 17.1 Å². The van der Waals surface area contributed by atoms with E-state index in [-0.39, 0.29) is 5.41 Å². The first-order chi connectivity index (χ1) is 27.5. The second-order valence-electron chi connectivity index (χ2n) is 15.4. The normalized spacial score (nSPS) is 12.6. The van der Waals surface area contributed by atoms with Gasteiger partial charge in [0.1, 0.15) is 0 Å². The molecule has 0 saturated heterocycles. The van der Waals surface area contributed by atoms with Gasteiger partial charge in [-0.3, -0.25) is 0 Å². The Kier molecular flexibility index (Phi) is 8.23. The van der Waals surface area contributed by atoms with Crippen molar-refractivity contribution >= 4 is 27.8 Å². The number of para-hydroxylation sites is 1. The standard InChI is InChI=1S/C55H41N/c1-55(2)52-36-46(43-23-21-41(22-24-43)38-13-5-3-6-14-38)30-33-50(52)51-34-32-48(37-53(51)55)56(47-31-29-40-17-9-10-18-45(40)35-47)54-20-12-11-19-49(54)44-27-25-42(26-28-44)39-15-7-4-8-16-39/h3-37H,1-2H3. The van der Waals surface area contributed by atoms with Crippen molar-refractivity contribution in [1.82, 2.24) is 0 Å². The lowest BCUT2D eigenvalue weighted by Gasteiger charge is -2.30. The molecule has 0 heterocycles. The molecule has 0 aliphatic heterocycles. The van der Waals surface area contributed by atoms with Crippen LogP contribution >= 0.6 is 0 Å². The highest BCUT2D eigenvalue weighted by atomic mass is 15.1. The van der Waals surface area contributed by atoms with E-state index in [4.69, 9.17) is 0 Å². The van der Waals surface area contributed by atoms with Crippen LogP contribution < -0.4 is 4.90 Å². The largest absolute Gasteiger partial charge is 0.310 e. The molecular formula is C55H41N. The second kappa shape index (κ2) is 13.7. The monoisotopic (exact) mass is 715 g/mol. The molecule has 0 saturated carbocycles. The predicted molar refractivity (Wildman–Crippen MR) is 238 cm³/mol. The van der Waals surface area contributed by atoms with Crippen LogP contribution in [0.2, 0.25) is 0 Å². The number of hydrogen-bond donors (Lipinski definition) is 0. The Morgan fingerprint density at radius 2 is 0.750 bits per heavy atom. The van der Waals surface area contributed by atoms with Gasteiger partial charge in [0.2, 0.25) is 0 Å². The molecule has 10 rings (SSSR count). The molecule has 0 aromatic heterocycles. The lowest BCUT2D eigenvalue weighted by molar-refractivity contribution is 0.660. The first-order valence-electron chi connectivity index (χ1n) is 19.5. The summed E-state index contributed by atoms with van der Waals surface area (Å²) in [5.74, 6) is 0. The van der Waals surface area contributed by atoms with Crippen LogP contribution in [0.4, 0.5) is 17.1 Å². The van der Waals surface area contributed by atoms with Gasteiger partial charge in [0.25, 0.3) is 0 Å². The van der Waals surface area contributed by atoms with E-state index in [9.17, 15) is 0 Å². The van der Waals surface area contributed by atoms with E-state index in [1.807, 2.05) is 0 Å². The van der Waals surface area contributed by atoms with Gasteiger partial charge in [-0.15, -0.1) is 0 Å². The number of fused-ring (bicyclic) bond motifs is 4. The summed E-state index contributed by atoms with van der Waals surface area (Å²) in [5, 5.41) is 2.45. The van der Waals surface area contributed by atoms with Gasteiger partial charge in [-0.2, -0.15) is 0 Å².